The van der Waals surface area contributed by atoms with Crippen LogP contribution in [0.1, 0.15) is 24.1 Å². The van der Waals surface area contributed by atoms with Crippen LogP contribution < -0.4 is 10.1 Å². The second-order valence-electron chi connectivity index (χ2n) is 6.88. The molecule has 0 saturated heterocycles. The normalized spacial score (nSPS) is 15.3. The van der Waals surface area contributed by atoms with Gasteiger partial charge in [-0.25, -0.2) is 13.9 Å². The zero-order valence-electron chi connectivity index (χ0n) is 17.3. The molecule has 1 atom stereocenters. The van der Waals surface area contributed by atoms with Gasteiger partial charge in [-0.1, -0.05) is 42.1 Å². The summed E-state index contributed by atoms with van der Waals surface area (Å²) in [7, 11) is 2.93. The molecular weight excluding hydrogens is 419 g/mol. The standard InChI is InChI=1S/C22H21FN4O3S/c1-13-18(20(28)30-3)19(14-8-6-9-16(11-14)29-2)27-21(24-13)25-22(26-27)31-12-15-7-4-5-10-17(15)23/h4-11,19H,12H2,1-3H3,(H,24,25,26). The van der Waals surface area contributed by atoms with E-state index in [1.54, 1.807) is 36.9 Å². The summed E-state index contributed by atoms with van der Waals surface area (Å²) in [5.41, 5.74) is 2.43. The van der Waals surface area contributed by atoms with Crippen molar-refractivity contribution in [2.45, 2.75) is 23.9 Å². The van der Waals surface area contributed by atoms with Gasteiger partial charge in [-0.3, -0.25) is 0 Å². The van der Waals surface area contributed by atoms with E-state index in [4.69, 9.17) is 9.47 Å². The summed E-state index contributed by atoms with van der Waals surface area (Å²) in [6.07, 6.45) is 0. The number of allylic oxidation sites excluding steroid dienone is 1. The number of aromatic nitrogens is 3. The molecule has 7 nitrogen and oxygen atoms in total. The number of fused-ring (bicyclic) bond motifs is 1. The third-order valence-electron chi connectivity index (χ3n) is 4.96. The molecule has 2 aromatic carbocycles. The minimum atomic E-state index is -0.547. The summed E-state index contributed by atoms with van der Waals surface area (Å²) in [5.74, 6) is 0.815. The average molecular weight is 441 g/mol. The third-order valence-corrected chi connectivity index (χ3v) is 5.85. The van der Waals surface area contributed by atoms with Crippen LogP contribution in [-0.2, 0) is 15.3 Å². The number of nitrogens with zero attached hydrogens (tertiary/aromatic N) is 3. The molecule has 4 rings (SSSR count). The predicted octanol–water partition coefficient (Wildman–Crippen LogP) is 4.18. The van der Waals surface area contributed by atoms with Crippen molar-refractivity contribution >= 4 is 23.7 Å². The van der Waals surface area contributed by atoms with E-state index in [0.717, 1.165) is 5.56 Å². The van der Waals surface area contributed by atoms with E-state index < -0.39 is 12.0 Å². The molecule has 1 aromatic heterocycles. The number of nitrogens with one attached hydrogen (secondary N) is 1. The molecule has 1 unspecified atom stereocenters. The Balaban J connectivity index is 1.72. The maximum absolute atomic E-state index is 14.0. The van der Waals surface area contributed by atoms with Gasteiger partial charge >= 0.3 is 5.97 Å². The first-order valence-corrected chi connectivity index (χ1v) is 10.5. The van der Waals surface area contributed by atoms with E-state index in [-0.39, 0.29) is 5.82 Å². The highest BCUT2D eigenvalue weighted by Gasteiger charge is 2.35. The van der Waals surface area contributed by atoms with Crippen LogP contribution in [0.15, 0.2) is 65.0 Å². The Kier molecular flexibility index (Phi) is 5.94. The highest BCUT2D eigenvalue weighted by atomic mass is 32.2. The fraction of sp³-hybridized carbons (Fsp3) is 0.227. The van der Waals surface area contributed by atoms with Crippen LogP contribution in [-0.4, -0.2) is 35.0 Å². The molecule has 3 aromatic rings. The number of rotatable bonds is 6. The lowest BCUT2D eigenvalue weighted by molar-refractivity contribution is -0.136. The van der Waals surface area contributed by atoms with Gasteiger partial charge in [-0.05, 0) is 36.2 Å². The molecule has 1 aliphatic heterocycles. The van der Waals surface area contributed by atoms with Crippen LogP contribution >= 0.6 is 11.8 Å². The third kappa shape index (κ3) is 4.13. The predicted molar refractivity (Wildman–Crippen MR) is 115 cm³/mol. The van der Waals surface area contributed by atoms with Gasteiger partial charge < -0.3 is 14.8 Å². The molecule has 0 radical (unpaired) electrons. The number of anilines is 1. The number of hydrogen-bond donors (Lipinski definition) is 1. The van der Waals surface area contributed by atoms with E-state index in [2.05, 4.69) is 15.4 Å². The van der Waals surface area contributed by atoms with Crippen LogP contribution in [0.2, 0.25) is 0 Å². The Morgan fingerprint density at radius 3 is 2.77 bits per heavy atom. The van der Waals surface area contributed by atoms with Crippen molar-refractivity contribution in [1.82, 2.24) is 14.8 Å². The molecular formula is C22H21FN4O3S. The van der Waals surface area contributed by atoms with Gasteiger partial charge in [0.25, 0.3) is 0 Å². The summed E-state index contributed by atoms with van der Waals surface area (Å²) < 4.78 is 26.0. The lowest BCUT2D eigenvalue weighted by Gasteiger charge is -2.28. The van der Waals surface area contributed by atoms with Crippen molar-refractivity contribution in [3.63, 3.8) is 0 Å². The smallest absolute Gasteiger partial charge is 0.338 e. The molecule has 2 heterocycles. The number of carbonyl (C=O) groups is 1. The van der Waals surface area contributed by atoms with Crippen molar-refractivity contribution in [3.8, 4) is 5.75 Å². The van der Waals surface area contributed by atoms with Crippen LogP contribution in [0.5, 0.6) is 5.75 Å². The number of thioether (sulfide) groups is 1. The van der Waals surface area contributed by atoms with Gasteiger partial charge in [0.15, 0.2) is 0 Å². The largest absolute Gasteiger partial charge is 0.497 e. The fourth-order valence-electron chi connectivity index (χ4n) is 3.44. The highest BCUT2D eigenvalue weighted by molar-refractivity contribution is 7.98. The molecule has 0 amide bonds. The topological polar surface area (TPSA) is 78.3 Å². The van der Waals surface area contributed by atoms with Crippen LogP contribution in [0.4, 0.5) is 10.3 Å². The highest BCUT2D eigenvalue weighted by Crippen LogP contribution is 2.37. The van der Waals surface area contributed by atoms with Gasteiger partial charge in [-0.15, -0.1) is 5.10 Å². The molecule has 1 aliphatic rings. The number of halogens is 1. The quantitative estimate of drug-likeness (QED) is 0.455. The second kappa shape index (κ2) is 8.81. The number of esters is 1. The van der Waals surface area contributed by atoms with Gasteiger partial charge in [0.2, 0.25) is 11.1 Å². The first-order valence-electron chi connectivity index (χ1n) is 9.54. The summed E-state index contributed by atoms with van der Waals surface area (Å²) in [5, 5.41) is 8.21. The minimum Gasteiger partial charge on any atom is -0.497 e. The summed E-state index contributed by atoms with van der Waals surface area (Å²) >= 11 is 1.32. The molecule has 31 heavy (non-hydrogen) atoms. The number of ether oxygens (including phenoxy) is 2. The van der Waals surface area contributed by atoms with Crippen LogP contribution in [0.25, 0.3) is 0 Å². The van der Waals surface area contributed by atoms with Crippen molar-refractivity contribution in [3.05, 3.63) is 76.7 Å². The molecule has 1 N–H and O–H groups in total. The van der Waals surface area contributed by atoms with Crippen molar-refractivity contribution < 1.29 is 18.7 Å². The summed E-state index contributed by atoms with van der Waals surface area (Å²) in [6, 6.07) is 13.5. The number of carbonyl (C=O) groups excluding carboxylic acids is 1. The van der Waals surface area contributed by atoms with E-state index in [1.807, 2.05) is 24.3 Å². The lowest BCUT2D eigenvalue weighted by atomic mass is 9.95. The fourth-order valence-corrected chi connectivity index (χ4v) is 4.26. The maximum atomic E-state index is 14.0. The molecule has 0 aliphatic carbocycles. The van der Waals surface area contributed by atoms with Crippen LogP contribution in [0.3, 0.4) is 0 Å². The molecule has 0 bridgehead atoms. The van der Waals surface area contributed by atoms with E-state index in [1.165, 1.54) is 24.9 Å². The number of benzene rings is 2. The van der Waals surface area contributed by atoms with E-state index in [0.29, 0.717) is 39.4 Å². The van der Waals surface area contributed by atoms with Crippen LogP contribution in [0, 0.1) is 5.82 Å². The Hall–Kier alpha value is -3.33. The maximum Gasteiger partial charge on any atom is 0.338 e. The van der Waals surface area contributed by atoms with Gasteiger partial charge in [0, 0.05) is 11.4 Å². The summed E-state index contributed by atoms with van der Waals surface area (Å²) in [4.78, 5) is 17.2. The minimum absolute atomic E-state index is 0.267. The number of methoxy groups -OCH3 is 2. The second-order valence-corrected chi connectivity index (χ2v) is 7.82. The average Bonchev–Trinajstić information content (AvgIpc) is 3.19. The van der Waals surface area contributed by atoms with Crippen molar-refractivity contribution in [2.24, 2.45) is 0 Å². The zero-order chi connectivity index (χ0) is 22.0. The lowest BCUT2D eigenvalue weighted by Crippen LogP contribution is -2.29. The van der Waals surface area contributed by atoms with Crippen molar-refractivity contribution in [2.75, 3.05) is 19.5 Å². The van der Waals surface area contributed by atoms with Gasteiger partial charge in [0.05, 0.1) is 19.8 Å². The van der Waals surface area contributed by atoms with E-state index >= 15 is 0 Å². The van der Waals surface area contributed by atoms with Gasteiger partial charge in [0.1, 0.15) is 17.6 Å². The van der Waals surface area contributed by atoms with E-state index in [9.17, 15) is 9.18 Å². The molecule has 0 spiro atoms. The monoisotopic (exact) mass is 440 g/mol. The Bertz CT molecular complexity index is 1160. The molecule has 160 valence electrons. The Morgan fingerprint density at radius 2 is 2.03 bits per heavy atom. The first-order chi connectivity index (χ1) is 15.0. The Morgan fingerprint density at radius 1 is 1.23 bits per heavy atom. The SMILES string of the molecule is COC(=O)C1=C(C)Nc2nc(SCc3ccccc3F)nn2C1c1cccc(OC)c1. The van der Waals surface area contributed by atoms with Crippen molar-refractivity contribution in [1.29, 1.82) is 0 Å². The first kappa shape index (κ1) is 20.9. The molecule has 0 saturated carbocycles. The van der Waals surface area contributed by atoms with Gasteiger partial charge in [-0.2, -0.15) is 4.98 Å². The molecule has 9 heteroatoms. The molecule has 0 fully saturated rings. The zero-order valence-corrected chi connectivity index (χ0v) is 18.1. The summed E-state index contributed by atoms with van der Waals surface area (Å²) in [6.45, 7) is 1.80. The number of hydrogen-bond acceptors (Lipinski definition) is 7. The Labute approximate surface area is 183 Å².